The van der Waals surface area contributed by atoms with Gasteiger partial charge in [0.25, 0.3) is 0 Å². The molecule has 2 aromatic heterocycles. The monoisotopic (exact) mass is 287 g/mol. The third kappa shape index (κ3) is 2.13. The van der Waals surface area contributed by atoms with E-state index in [0.29, 0.717) is 5.92 Å². The van der Waals surface area contributed by atoms with Gasteiger partial charge in [-0.25, -0.2) is 9.50 Å². The van der Waals surface area contributed by atoms with Gasteiger partial charge in [-0.1, -0.05) is 49.4 Å². The van der Waals surface area contributed by atoms with Crippen LogP contribution in [0, 0.1) is 6.92 Å². The average Bonchev–Trinajstić information content (AvgIpc) is 2.94. The van der Waals surface area contributed by atoms with E-state index in [1.807, 2.05) is 6.92 Å². The molecule has 1 aromatic carbocycles. The summed E-state index contributed by atoms with van der Waals surface area (Å²) < 4.78 is 1.74. The van der Waals surface area contributed by atoms with E-state index in [2.05, 4.69) is 48.2 Å². The van der Waals surface area contributed by atoms with Gasteiger partial charge in [0.05, 0.1) is 18.0 Å². The third-order valence-corrected chi connectivity index (χ3v) is 4.22. The molecule has 1 N–H and O–H groups in total. The van der Waals surface area contributed by atoms with Gasteiger partial charge in [0.15, 0.2) is 0 Å². The fourth-order valence-electron chi connectivity index (χ4n) is 2.28. The molecule has 0 aliphatic heterocycles. The van der Waals surface area contributed by atoms with Crippen LogP contribution >= 0.6 is 11.3 Å². The van der Waals surface area contributed by atoms with E-state index in [9.17, 15) is 5.11 Å². The van der Waals surface area contributed by atoms with Crippen LogP contribution in [0.1, 0.15) is 36.0 Å². The second-order valence-corrected chi connectivity index (χ2v) is 6.32. The Morgan fingerprint density at radius 2 is 1.95 bits per heavy atom. The summed E-state index contributed by atoms with van der Waals surface area (Å²) in [5, 5.41) is 15.0. The second-order valence-electron chi connectivity index (χ2n) is 5.16. The SMILES string of the molecule is Cc1nn2c(CO)c(-c3ccc(C(C)C)cc3)nc2s1. The molecule has 2 heterocycles. The number of benzene rings is 1. The minimum atomic E-state index is -0.0639. The van der Waals surface area contributed by atoms with Crippen molar-refractivity contribution in [2.24, 2.45) is 0 Å². The van der Waals surface area contributed by atoms with Crippen molar-refractivity contribution >= 4 is 16.3 Å². The highest BCUT2D eigenvalue weighted by molar-refractivity contribution is 7.16. The lowest BCUT2D eigenvalue weighted by atomic mass is 10.0. The van der Waals surface area contributed by atoms with Crippen LogP contribution in [0.2, 0.25) is 0 Å². The zero-order valence-corrected chi connectivity index (χ0v) is 12.6. The Morgan fingerprint density at radius 1 is 1.25 bits per heavy atom. The van der Waals surface area contributed by atoms with Crippen molar-refractivity contribution in [3.05, 3.63) is 40.5 Å². The minimum absolute atomic E-state index is 0.0639. The van der Waals surface area contributed by atoms with Crippen LogP contribution in [0.25, 0.3) is 16.2 Å². The number of aryl methyl sites for hydroxylation is 1. The highest BCUT2D eigenvalue weighted by atomic mass is 32.1. The van der Waals surface area contributed by atoms with Gasteiger partial charge in [-0.15, -0.1) is 0 Å². The molecule has 0 saturated heterocycles. The molecule has 0 amide bonds. The van der Waals surface area contributed by atoms with Gasteiger partial charge >= 0.3 is 0 Å². The molecule has 4 nitrogen and oxygen atoms in total. The van der Waals surface area contributed by atoms with Crippen LogP contribution in [0.3, 0.4) is 0 Å². The summed E-state index contributed by atoms with van der Waals surface area (Å²) in [5.41, 5.74) is 3.89. The maximum atomic E-state index is 9.62. The van der Waals surface area contributed by atoms with Gasteiger partial charge in [-0.3, -0.25) is 0 Å². The summed E-state index contributed by atoms with van der Waals surface area (Å²) in [6.45, 7) is 6.23. The van der Waals surface area contributed by atoms with Gasteiger partial charge in [0.2, 0.25) is 4.96 Å². The Hall–Kier alpha value is -1.72. The summed E-state index contributed by atoms with van der Waals surface area (Å²) in [7, 11) is 0. The molecule has 0 bridgehead atoms. The normalized spacial score (nSPS) is 11.7. The number of aliphatic hydroxyl groups is 1. The van der Waals surface area contributed by atoms with Crippen molar-refractivity contribution in [1.29, 1.82) is 0 Å². The smallest absolute Gasteiger partial charge is 0.213 e. The standard InChI is InChI=1S/C15H17N3OS/c1-9(2)11-4-6-12(7-5-11)14-13(8-19)18-15(16-14)20-10(3)17-18/h4-7,9,19H,8H2,1-3H3. The Kier molecular flexibility index (Phi) is 3.31. The number of hydrogen-bond donors (Lipinski definition) is 1. The Balaban J connectivity index is 2.11. The Labute approximate surface area is 121 Å². The topological polar surface area (TPSA) is 50.4 Å². The van der Waals surface area contributed by atoms with Crippen LogP contribution in [0.15, 0.2) is 24.3 Å². The van der Waals surface area contributed by atoms with Gasteiger partial charge in [-0.2, -0.15) is 5.10 Å². The first kappa shape index (κ1) is 13.3. The maximum absolute atomic E-state index is 9.62. The molecule has 0 spiro atoms. The quantitative estimate of drug-likeness (QED) is 0.803. The summed E-state index contributed by atoms with van der Waals surface area (Å²) in [6.07, 6.45) is 0. The summed E-state index contributed by atoms with van der Waals surface area (Å²) >= 11 is 1.53. The van der Waals surface area contributed by atoms with E-state index in [1.165, 1.54) is 16.9 Å². The molecule has 0 unspecified atom stereocenters. The van der Waals surface area contributed by atoms with Crippen molar-refractivity contribution in [1.82, 2.24) is 14.6 Å². The van der Waals surface area contributed by atoms with Gasteiger partial charge in [-0.05, 0) is 18.4 Å². The van der Waals surface area contributed by atoms with E-state index in [1.54, 1.807) is 4.52 Å². The number of aromatic nitrogens is 3. The first-order valence-electron chi connectivity index (χ1n) is 6.66. The van der Waals surface area contributed by atoms with Crippen LogP contribution in [-0.2, 0) is 6.61 Å². The predicted octanol–water partition coefficient (Wildman–Crippen LogP) is 3.38. The van der Waals surface area contributed by atoms with Crippen molar-refractivity contribution < 1.29 is 5.11 Å². The molecule has 0 atom stereocenters. The van der Waals surface area contributed by atoms with Crippen molar-refractivity contribution in [3.8, 4) is 11.3 Å². The molecule has 3 rings (SSSR count). The molecule has 0 aliphatic carbocycles. The summed E-state index contributed by atoms with van der Waals surface area (Å²) in [4.78, 5) is 5.44. The van der Waals surface area contributed by atoms with E-state index in [0.717, 1.165) is 26.9 Å². The van der Waals surface area contributed by atoms with Crippen molar-refractivity contribution in [2.45, 2.75) is 33.3 Å². The van der Waals surface area contributed by atoms with Crippen LogP contribution in [-0.4, -0.2) is 19.7 Å². The van der Waals surface area contributed by atoms with E-state index in [-0.39, 0.29) is 6.61 Å². The predicted molar refractivity (Wildman–Crippen MR) is 81.0 cm³/mol. The first-order valence-corrected chi connectivity index (χ1v) is 7.48. The lowest BCUT2D eigenvalue weighted by Gasteiger charge is -2.06. The minimum Gasteiger partial charge on any atom is -0.390 e. The molecule has 104 valence electrons. The van der Waals surface area contributed by atoms with E-state index >= 15 is 0 Å². The Bertz CT molecular complexity index is 740. The Morgan fingerprint density at radius 3 is 2.55 bits per heavy atom. The number of imidazole rings is 1. The van der Waals surface area contributed by atoms with Gasteiger partial charge in [0, 0.05) is 5.56 Å². The lowest BCUT2D eigenvalue weighted by molar-refractivity contribution is 0.275. The molecule has 0 fully saturated rings. The number of aliphatic hydroxyl groups excluding tert-OH is 1. The summed E-state index contributed by atoms with van der Waals surface area (Å²) in [5.74, 6) is 0.510. The average molecular weight is 287 g/mol. The fraction of sp³-hybridized carbons (Fsp3) is 0.333. The molecule has 20 heavy (non-hydrogen) atoms. The molecule has 0 saturated carbocycles. The fourth-order valence-corrected chi connectivity index (χ4v) is 3.05. The molecular weight excluding hydrogens is 270 g/mol. The van der Waals surface area contributed by atoms with Gasteiger partial charge < -0.3 is 5.11 Å². The third-order valence-electron chi connectivity index (χ3n) is 3.40. The first-order chi connectivity index (χ1) is 9.60. The van der Waals surface area contributed by atoms with Crippen LogP contribution in [0.4, 0.5) is 0 Å². The van der Waals surface area contributed by atoms with Crippen molar-refractivity contribution in [3.63, 3.8) is 0 Å². The number of nitrogens with zero attached hydrogens (tertiary/aromatic N) is 3. The molecule has 0 aliphatic rings. The number of rotatable bonds is 3. The van der Waals surface area contributed by atoms with E-state index in [4.69, 9.17) is 0 Å². The molecule has 3 aromatic rings. The second kappa shape index (κ2) is 5.00. The zero-order valence-electron chi connectivity index (χ0n) is 11.8. The van der Waals surface area contributed by atoms with Crippen LogP contribution in [0.5, 0.6) is 0 Å². The summed E-state index contributed by atoms with van der Waals surface area (Å²) in [6, 6.07) is 8.36. The van der Waals surface area contributed by atoms with Crippen molar-refractivity contribution in [2.75, 3.05) is 0 Å². The highest BCUT2D eigenvalue weighted by Crippen LogP contribution is 2.28. The highest BCUT2D eigenvalue weighted by Gasteiger charge is 2.16. The molecule has 0 radical (unpaired) electrons. The zero-order chi connectivity index (χ0) is 14.3. The van der Waals surface area contributed by atoms with Gasteiger partial charge in [0.1, 0.15) is 5.01 Å². The molecule has 5 heteroatoms. The number of fused-ring (bicyclic) bond motifs is 1. The largest absolute Gasteiger partial charge is 0.390 e. The maximum Gasteiger partial charge on any atom is 0.213 e. The lowest BCUT2D eigenvalue weighted by Crippen LogP contribution is -1.96. The molecular formula is C15H17N3OS. The van der Waals surface area contributed by atoms with E-state index < -0.39 is 0 Å². The number of hydrogen-bond acceptors (Lipinski definition) is 4. The van der Waals surface area contributed by atoms with Crippen LogP contribution < -0.4 is 0 Å².